The predicted molar refractivity (Wildman–Crippen MR) is 55.3 cm³/mol. The molecule has 0 amide bonds. The quantitative estimate of drug-likeness (QED) is 0.672. The molecule has 1 N–H and O–H groups in total. The average Bonchev–Trinajstić information content (AvgIpc) is 2.81. The van der Waals surface area contributed by atoms with Crippen molar-refractivity contribution in [1.29, 1.82) is 0 Å². The second-order valence-corrected chi connectivity index (χ2v) is 3.37. The minimum Gasteiger partial charge on any atom is -0.507 e. The molecule has 0 aliphatic heterocycles. The lowest BCUT2D eigenvalue weighted by Gasteiger charge is -2.10. The molecule has 0 atom stereocenters. The number of aromatic nitrogens is 1. The first-order valence-corrected chi connectivity index (χ1v) is 4.90. The molecule has 8 heteroatoms. The molecule has 100 valence electrons. The van der Waals surface area contributed by atoms with Crippen LogP contribution in [0.25, 0.3) is 11.5 Å². The van der Waals surface area contributed by atoms with E-state index in [1.807, 2.05) is 0 Å². The van der Waals surface area contributed by atoms with Crippen molar-refractivity contribution < 1.29 is 32.2 Å². The topological polar surface area (TPSA) is 72.6 Å². The highest BCUT2D eigenvalue weighted by Gasteiger charge is 2.42. The summed E-state index contributed by atoms with van der Waals surface area (Å²) in [5.74, 6) is -3.48. The molecule has 19 heavy (non-hydrogen) atoms. The van der Waals surface area contributed by atoms with Crippen molar-refractivity contribution in [3.05, 3.63) is 30.7 Å². The largest absolute Gasteiger partial charge is 0.507 e. The number of alkyl halides is 3. The van der Waals surface area contributed by atoms with E-state index in [0.29, 0.717) is 0 Å². The predicted octanol–water partition coefficient (Wildman–Crippen LogP) is 2.51. The zero-order chi connectivity index (χ0) is 14.0. The Morgan fingerprint density at radius 2 is 2.11 bits per heavy atom. The first-order valence-electron chi connectivity index (χ1n) is 4.90. The van der Waals surface area contributed by atoms with E-state index in [1.165, 1.54) is 18.3 Å². The maximum absolute atomic E-state index is 12.1. The van der Waals surface area contributed by atoms with E-state index in [9.17, 15) is 23.1 Å². The van der Waals surface area contributed by atoms with Gasteiger partial charge in [-0.1, -0.05) is 6.07 Å². The van der Waals surface area contributed by atoms with Gasteiger partial charge >= 0.3 is 12.1 Å². The second kappa shape index (κ2) is 4.63. The Morgan fingerprint density at radius 1 is 1.37 bits per heavy atom. The summed E-state index contributed by atoms with van der Waals surface area (Å²) < 4.78 is 45.5. The lowest BCUT2D eigenvalue weighted by Crippen LogP contribution is -2.28. The third kappa shape index (κ3) is 2.67. The molecule has 0 saturated carbocycles. The van der Waals surface area contributed by atoms with Gasteiger partial charge in [0.05, 0.1) is 6.20 Å². The zero-order valence-electron chi connectivity index (χ0n) is 9.14. The summed E-state index contributed by atoms with van der Waals surface area (Å²) in [6, 6.07) is 3.51. The first kappa shape index (κ1) is 12.9. The van der Waals surface area contributed by atoms with E-state index in [2.05, 4.69) is 9.72 Å². The van der Waals surface area contributed by atoms with Crippen molar-refractivity contribution in [3.63, 3.8) is 0 Å². The van der Waals surface area contributed by atoms with Gasteiger partial charge < -0.3 is 14.3 Å². The average molecular weight is 273 g/mol. The third-order valence-electron chi connectivity index (χ3n) is 2.08. The molecule has 0 bridgehead atoms. The molecule has 1 aromatic carbocycles. The van der Waals surface area contributed by atoms with Crippen LogP contribution in [-0.2, 0) is 4.79 Å². The van der Waals surface area contributed by atoms with E-state index < -0.39 is 23.6 Å². The Morgan fingerprint density at radius 3 is 2.68 bits per heavy atom. The van der Waals surface area contributed by atoms with Gasteiger partial charge in [0.2, 0.25) is 5.89 Å². The van der Waals surface area contributed by atoms with Crippen molar-refractivity contribution in [3.8, 4) is 23.0 Å². The van der Waals surface area contributed by atoms with Crippen molar-refractivity contribution in [2.75, 3.05) is 0 Å². The second-order valence-electron chi connectivity index (χ2n) is 3.37. The molecule has 2 aromatic rings. The summed E-state index contributed by atoms with van der Waals surface area (Å²) in [6.07, 6.45) is -2.74. The molecule has 0 aliphatic rings. The summed E-state index contributed by atoms with van der Waals surface area (Å²) in [6.45, 7) is 0. The summed E-state index contributed by atoms with van der Waals surface area (Å²) in [7, 11) is 0. The molecular weight excluding hydrogens is 267 g/mol. The van der Waals surface area contributed by atoms with Crippen molar-refractivity contribution in [2.24, 2.45) is 0 Å². The molecule has 0 unspecified atom stereocenters. The molecule has 1 heterocycles. The van der Waals surface area contributed by atoms with Crippen molar-refractivity contribution in [2.45, 2.75) is 6.18 Å². The number of rotatable bonds is 2. The van der Waals surface area contributed by atoms with Crippen LogP contribution in [-0.4, -0.2) is 22.2 Å². The Hall–Kier alpha value is -2.51. The van der Waals surface area contributed by atoms with Crippen LogP contribution in [0.2, 0.25) is 0 Å². The summed E-state index contributed by atoms with van der Waals surface area (Å²) in [5.41, 5.74) is -0.231. The first-order chi connectivity index (χ1) is 8.89. The van der Waals surface area contributed by atoms with Gasteiger partial charge in [0.15, 0.2) is 0 Å². The number of hydrogen-bond acceptors (Lipinski definition) is 5. The van der Waals surface area contributed by atoms with Gasteiger partial charge in [0, 0.05) is 0 Å². The number of phenolic OH excluding ortho intramolecular Hbond substituents is 1. The van der Waals surface area contributed by atoms with Crippen LogP contribution < -0.4 is 4.74 Å². The van der Waals surface area contributed by atoms with Gasteiger partial charge in [-0.2, -0.15) is 13.2 Å². The Labute approximate surface area is 104 Å². The summed E-state index contributed by atoms with van der Waals surface area (Å²) in [5, 5.41) is 9.61. The van der Waals surface area contributed by atoms with Gasteiger partial charge in [-0.25, -0.2) is 9.78 Å². The van der Waals surface area contributed by atoms with Gasteiger partial charge in [-0.3, -0.25) is 0 Å². The van der Waals surface area contributed by atoms with Gasteiger partial charge in [-0.15, -0.1) is 0 Å². The van der Waals surface area contributed by atoms with Crippen LogP contribution in [0.3, 0.4) is 0 Å². The van der Waals surface area contributed by atoms with E-state index in [4.69, 9.17) is 4.42 Å². The fraction of sp³-hybridized carbons (Fsp3) is 0.0909. The summed E-state index contributed by atoms with van der Waals surface area (Å²) in [4.78, 5) is 14.5. The SMILES string of the molecule is O=C(Oc1cccc(O)c1-c1ncco1)C(F)(F)F. The number of carbonyl (C=O) groups excluding carboxylic acids is 1. The van der Waals surface area contributed by atoms with E-state index in [0.717, 1.165) is 12.3 Å². The Kier molecular flexibility index (Phi) is 3.16. The fourth-order valence-corrected chi connectivity index (χ4v) is 1.32. The molecule has 0 fully saturated rings. The number of esters is 1. The standard InChI is InChI=1S/C11H6F3NO4/c12-11(13,14)10(17)19-7-3-1-2-6(16)8(7)9-15-4-5-18-9/h1-5,16H. The third-order valence-corrected chi connectivity index (χ3v) is 2.08. The number of benzene rings is 1. The molecule has 5 nitrogen and oxygen atoms in total. The number of aromatic hydroxyl groups is 1. The van der Waals surface area contributed by atoms with Crippen molar-refractivity contribution in [1.82, 2.24) is 4.98 Å². The number of nitrogens with zero attached hydrogens (tertiary/aromatic N) is 1. The smallest absolute Gasteiger partial charge is 0.491 e. The van der Waals surface area contributed by atoms with Gasteiger partial charge in [0.25, 0.3) is 0 Å². The van der Waals surface area contributed by atoms with Crippen LogP contribution in [0.5, 0.6) is 11.5 Å². The lowest BCUT2D eigenvalue weighted by molar-refractivity contribution is -0.189. The fourth-order valence-electron chi connectivity index (χ4n) is 1.32. The minimum atomic E-state index is -5.14. The summed E-state index contributed by atoms with van der Waals surface area (Å²) >= 11 is 0. The van der Waals surface area contributed by atoms with E-state index >= 15 is 0 Å². The number of halogens is 3. The van der Waals surface area contributed by atoms with E-state index in [-0.39, 0.29) is 11.5 Å². The number of carbonyl (C=O) groups is 1. The van der Waals surface area contributed by atoms with E-state index in [1.54, 1.807) is 0 Å². The Bertz CT molecular complexity index is 592. The van der Waals surface area contributed by atoms with Gasteiger partial charge in [0.1, 0.15) is 23.3 Å². The number of oxazole rings is 1. The number of hydrogen-bond donors (Lipinski definition) is 1. The molecule has 2 rings (SSSR count). The van der Waals surface area contributed by atoms with Crippen LogP contribution >= 0.6 is 0 Å². The van der Waals surface area contributed by atoms with Crippen LogP contribution in [0.1, 0.15) is 0 Å². The molecule has 0 spiro atoms. The monoisotopic (exact) mass is 273 g/mol. The molecule has 0 saturated heterocycles. The molecular formula is C11H6F3NO4. The highest BCUT2D eigenvalue weighted by atomic mass is 19.4. The lowest BCUT2D eigenvalue weighted by atomic mass is 10.2. The highest BCUT2D eigenvalue weighted by Crippen LogP contribution is 2.37. The number of phenols is 1. The van der Waals surface area contributed by atoms with Crippen LogP contribution in [0, 0.1) is 0 Å². The highest BCUT2D eigenvalue weighted by molar-refractivity contribution is 5.81. The number of ether oxygens (including phenoxy) is 1. The Balaban J connectivity index is 2.42. The molecule has 0 radical (unpaired) electrons. The van der Waals surface area contributed by atoms with Gasteiger partial charge in [-0.05, 0) is 12.1 Å². The normalized spacial score (nSPS) is 11.3. The maximum Gasteiger partial charge on any atom is 0.491 e. The van der Waals surface area contributed by atoms with Crippen LogP contribution in [0.15, 0.2) is 35.1 Å². The minimum absolute atomic E-state index is 0.164. The maximum atomic E-state index is 12.1. The molecule has 1 aromatic heterocycles. The van der Waals surface area contributed by atoms with Crippen molar-refractivity contribution >= 4 is 5.97 Å². The van der Waals surface area contributed by atoms with Crippen LogP contribution in [0.4, 0.5) is 13.2 Å². The molecule has 0 aliphatic carbocycles. The zero-order valence-corrected chi connectivity index (χ0v) is 9.14.